The van der Waals surface area contributed by atoms with E-state index in [9.17, 15) is 9.90 Å². The number of carboxylic acid groups (broad SMARTS) is 1. The van der Waals surface area contributed by atoms with Gasteiger partial charge in [-0.2, -0.15) is 0 Å². The first-order valence-electron chi connectivity index (χ1n) is 6.42. The Morgan fingerprint density at radius 2 is 2.00 bits per heavy atom. The first-order chi connectivity index (χ1) is 7.74. The van der Waals surface area contributed by atoms with Gasteiger partial charge in [0.15, 0.2) is 0 Å². The maximum atomic E-state index is 11.2. The van der Waals surface area contributed by atoms with Crippen LogP contribution in [0.15, 0.2) is 0 Å². The van der Waals surface area contributed by atoms with Crippen LogP contribution in [0, 0.1) is 5.92 Å². The molecule has 92 valence electrons. The molecule has 16 heavy (non-hydrogen) atoms. The van der Waals surface area contributed by atoms with E-state index in [0.717, 1.165) is 31.7 Å². The number of nitrogens with zero attached hydrogens (tertiary/aromatic N) is 1. The number of piperidine rings is 1. The summed E-state index contributed by atoms with van der Waals surface area (Å²) in [6, 6.07) is 0.190. The summed E-state index contributed by atoms with van der Waals surface area (Å²) in [6.45, 7) is 1.30. The van der Waals surface area contributed by atoms with Crippen LogP contribution in [0.3, 0.4) is 0 Å². The van der Waals surface area contributed by atoms with E-state index in [-0.39, 0.29) is 6.04 Å². The monoisotopic (exact) mass is 226 g/mol. The molecule has 0 aromatic heterocycles. The van der Waals surface area contributed by atoms with Gasteiger partial charge in [-0.3, -0.25) is 9.69 Å². The fourth-order valence-corrected chi connectivity index (χ4v) is 3.47. The highest BCUT2D eigenvalue weighted by atomic mass is 16.4. The van der Waals surface area contributed by atoms with Crippen LogP contribution >= 0.6 is 0 Å². The first-order valence-corrected chi connectivity index (χ1v) is 6.42. The molecule has 0 aromatic rings. The number of aliphatic carboxylic acids is 1. The number of fused-ring (bicyclic) bond motifs is 1. The summed E-state index contributed by atoms with van der Waals surface area (Å²) in [5.41, 5.74) is 5.61. The van der Waals surface area contributed by atoms with Gasteiger partial charge in [0.2, 0.25) is 0 Å². The molecule has 2 fully saturated rings. The zero-order chi connectivity index (χ0) is 11.5. The molecule has 2 rings (SSSR count). The fourth-order valence-electron chi connectivity index (χ4n) is 3.47. The minimum atomic E-state index is -0.669. The molecule has 0 bridgehead atoms. The second kappa shape index (κ2) is 5.15. The van der Waals surface area contributed by atoms with Gasteiger partial charge in [-0.1, -0.05) is 12.8 Å². The van der Waals surface area contributed by atoms with E-state index in [1.165, 1.54) is 19.3 Å². The molecule has 2 aliphatic rings. The molecule has 1 heterocycles. The predicted octanol–water partition coefficient (Wildman–Crippen LogP) is 1.05. The lowest BCUT2D eigenvalue weighted by molar-refractivity contribution is -0.148. The standard InChI is InChI=1S/C12H22N2O2/c13-7-8-14-10-4-2-1-3-9(10)5-6-11(14)12(15)16/h9-11H,1-8,13H2,(H,15,16). The van der Waals surface area contributed by atoms with Crippen molar-refractivity contribution in [2.45, 2.75) is 50.6 Å². The van der Waals surface area contributed by atoms with Crippen LogP contribution in [0.25, 0.3) is 0 Å². The summed E-state index contributed by atoms with van der Waals surface area (Å²) < 4.78 is 0. The zero-order valence-electron chi connectivity index (χ0n) is 9.77. The van der Waals surface area contributed by atoms with Crippen LogP contribution in [-0.2, 0) is 4.79 Å². The third-order valence-electron chi connectivity index (χ3n) is 4.18. The number of hydrogen-bond acceptors (Lipinski definition) is 3. The van der Waals surface area contributed by atoms with E-state index < -0.39 is 5.97 Å². The summed E-state index contributed by atoms with van der Waals surface area (Å²) in [5.74, 6) is 0.0494. The molecule has 1 aliphatic carbocycles. The molecular formula is C12H22N2O2. The van der Waals surface area contributed by atoms with Crippen LogP contribution < -0.4 is 5.73 Å². The summed E-state index contributed by atoms with van der Waals surface area (Å²) in [7, 11) is 0. The van der Waals surface area contributed by atoms with Gasteiger partial charge in [0.1, 0.15) is 6.04 Å². The maximum Gasteiger partial charge on any atom is 0.320 e. The maximum absolute atomic E-state index is 11.2. The molecule has 3 atom stereocenters. The van der Waals surface area contributed by atoms with Crippen molar-refractivity contribution in [1.29, 1.82) is 0 Å². The molecular weight excluding hydrogens is 204 g/mol. The van der Waals surface area contributed by atoms with E-state index >= 15 is 0 Å². The lowest BCUT2D eigenvalue weighted by Crippen LogP contribution is -2.56. The highest BCUT2D eigenvalue weighted by Crippen LogP contribution is 2.37. The smallest absolute Gasteiger partial charge is 0.320 e. The first kappa shape index (κ1) is 11.9. The molecule has 3 unspecified atom stereocenters. The second-order valence-electron chi connectivity index (χ2n) is 5.07. The number of hydrogen-bond donors (Lipinski definition) is 2. The topological polar surface area (TPSA) is 66.6 Å². The lowest BCUT2D eigenvalue weighted by Gasteiger charge is -2.47. The predicted molar refractivity (Wildman–Crippen MR) is 62.2 cm³/mol. The molecule has 0 amide bonds. The summed E-state index contributed by atoms with van der Waals surface area (Å²) in [5, 5.41) is 9.24. The van der Waals surface area contributed by atoms with E-state index in [1.54, 1.807) is 0 Å². The lowest BCUT2D eigenvalue weighted by atomic mass is 9.76. The highest BCUT2D eigenvalue weighted by molar-refractivity contribution is 5.73. The molecule has 4 nitrogen and oxygen atoms in total. The van der Waals surface area contributed by atoms with Crippen molar-refractivity contribution in [1.82, 2.24) is 4.90 Å². The molecule has 4 heteroatoms. The Bertz CT molecular complexity index is 257. The summed E-state index contributed by atoms with van der Waals surface area (Å²) in [6.07, 6.45) is 6.88. The van der Waals surface area contributed by atoms with Crippen molar-refractivity contribution in [2.75, 3.05) is 13.1 Å². The van der Waals surface area contributed by atoms with Gasteiger partial charge < -0.3 is 10.8 Å². The van der Waals surface area contributed by atoms with E-state index in [1.807, 2.05) is 0 Å². The molecule has 1 saturated carbocycles. The van der Waals surface area contributed by atoms with Gasteiger partial charge in [-0.05, 0) is 31.6 Å². The number of nitrogens with two attached hydrogens (primary N) is 1. The van der Waals surface area contributed by atoms with Crippen molar-refractivity contribution in [2.24, 2.45) is 11.7 Å². The van der Waals surface area contributed by atoms with E-state index in [0.29, 0.717) is 12.6 Å². The Morgan fingerprint density at radius 1 is 1.25 bits per heavy atom. The molecule has 1 aliphatic heterocycles. The fraction of sp³-hybridized carbons (Fsp3) is 0.917. The van der Waals surface area contributed by atoms with Crippen LogP contribution in [0.2, 0.25) is 0 Å². The van der Waals surface area contributed by atoms with E-state index in [2.05, 4.69) is 4.90 Å². The normalized spacial score (nSPS) is 35.7. The molecule has 1 saturated heterocycles. The third kappa shape index (κ3) is 2.23. The van der Waals surface area contributed by atoms with Gasteiger partial charge in [-0.15, -0.1) is 0 Å². The Balaban J connectivity index is 2.10. The summed E-state index contributed by atoms with van der Waals surface area (Å²) in [4.78, 5) is 13.4. The molecule has 3 N–H and O–H groups in total. The number of carbonyl (C=O) groups is 1. The number of likely N-dealkylation sites (tertiary alicyclic amines) is 1. The van der Waals surface area contributed by atoms with Crippen molar-refractivity contribution >= 4 is 5.97 Å². The SMILES string of the molecule is NCCN1C(C(=O)O)CCC2CCCCC21. The van der Waals surface area contributed by atoms with Crippen molar-refractivity contribution < 1.29 is 9.90 Å². The molecule has 0 spiro atoms. The summed E-state index contributed by atoms with van der Waals surface area (Å²) >= 11 is 0. The number of rotatable bonds is 3. The minimum Gasteiger partial charge on any atom is -0.480 e. The van der Waals surface area contributed by atoms with Gasteiger partial charge >= 0.3 is 5.97 Å². The van der Waals surface area contributed by atoms with Crippen molar-refractivity contribution in [3.63, 3.8) is 0 Å². The van der Waals surface area contributed by atoms with Gasteiger partial charge in [-0.25, -0.2) is 0 Å². The zero-order valence-corrected chi connectivity index (χ0v) is 9.77. The van der Waals surface area contributed by atoms with Crippen LogP contribution in [0.1, 0.15) is 38.5 Å². The number of carboxylic acids is 1. The van der Waals surface area contributed by atoms with Crippen molar-refractivity contribution in [3.05, 3.63) is 0 Å². The van der Waals surface area contributed by atoms with Crippen LogP contribution in [0.4, 0.5) is 0 Å². The van der Waals surface area contributed by atoms with Gasteiger partial charge in [0, 0.05) is 19.1 Å². The van der Waals surface area contributed by atoms with Gasteiger partial charge in [0.25, 0.3) is 0 Å². The molecule has 0 aromatic carbocycles. The van der Waals surface area contributed by atoms with E-state index in [4.69, 9.17) is 5.73 Å². The van der Waals surface area contributed by atoms with Gasteiger partial charge in [0.05, 0.1) is 0 Å². The molecule has 0 radical (unpaired) electrons. The Labute approximate surface area is 96.8 Å². The Kier molecular flexibility index (Phi) is 3.82. The largest absolute Gasteiger partial charge is 0.480 e. The Morgan fingerprint density at radius 3 is 2.69 bits per heavy atom. The third-order valence-corrected chi connectivity index (χ3v) is 4.18. The minimum absolute atomic E-state index is 0.289. The van der Waals surface area contributed by atoms with Crippen molar-refractivity contribution in [3.8, 4) is 0 Å². The Hall–Kier alpha value is -0.610. The van der Waals surface area contributed by atoms with Crippen LogP contribution in [-0.4, -0.2) is 41.1 Å². The van der Waals surface area contributed by atoms with Crippen LogP contribution in [0.5, 0.6) is 0 Å². The average molecular weight is 226 g/mol. The second-order valence-corrected chi connectivity index (χ2v) is 5.07. The quantitative estimate of drug-likeness (QED) is 0.755. The highest BCUT2D eigenvalue weighted by Gasteiger charge is 2.40. The average Bonchev–Trinajstić information content (AvgIpc) is 2.29.